The van der Waals surface area contributed by atoms with Crippen LogP contribution in [0.1, 0.15) is 5.56 Å². The van der Waals surface area contributed by atoms with E-state index in [4.69, 9.17) is 0 Å². The van der Waals surface area contributed by atoms with Crippen molar-refractivity contribution in [2.24, 2.45) is 0 Å². The summed E-state index contributed by atoms with van der Waals surface area (Å²) in [5.41, 5.74) is 4.37. The fourth-order valence-corrected chi connectivity index (χ4v) is 2.36. The van der Waals surface area contributed by atoms with Gasteiger partial charge in [0.15, 0.2) is 0 Å². The second-order valence-electron chi connectivity index (χ2n) is 4.04. The molecule has 0 unspecified atom stereocenters. The number of benzene rings is 2. The van der Waals surface area contributed by atoms with Gasteiger partial charge in [-0.25, -0.2) is 4.98 Å². The summed E-state index contributed by atoms with van der Waals surface area (Å²) >= 11 is 3.61. The van der Waals surface area contributed by atoms with Crippen LogP contribution in [0.3, 0.4) is 0 Å². The van der Waals surface area contributed by atoms with E-state index in [2.05, 4.69) is 45.0 Å². The van der Waals surface area contributed by atoms with E-state index < -0.39 is 0 Å². The zero-order valence-electron chi connectivity index (χ0n) is 9.37. The van der Waals surface area contributed by atoms with Gasteiger partial charge in [0.1, 0.15) is 5.82 Å². The summed E-state index contributed by atoms with van der Waals surface area (Å²) in [6, 6.07) is 14.2. The first-order chi connectivity index (χ1) is 8.25. The molecule has 2 nitrogen and oxygen atoms in total. The maximum absolute atomic E-state index is 4.60. The van der Waals surface area contributed by atoms with Gasteiger partial charge in [-0.05, 0) is 40.5 Å². The predicted molar refractivity (Wildman–Crippen MR) is 74.0 cm³/mol. The molecule has 0 radical (unpaired) electrons. The van der Waals surface area contributed by atoms with E-state index in [0.29, 0.717) is 0 Å². The van der Waals surface area contributed by atoms with E-state index in [9.17, 15) is 0 Å². The Bertz CT molecular complexity index is 653. The van der Waals surface area contributed by atoms with Crippen LogP contribution in [0, 0.1) is 6.92 Å². The average molecular weight is 287 g/mol. The van der Waals surface area contributed by atoms with Gasteiger partial charge in [-0.3, -0.25) is 0 Å². The Morgan fingerprint density at radius 1 is 1.06 bits per heavy atom. The van der Waals surface area contributed by atoms with E-state index >= 15 is 0 Å². The molecule has 0 saturated carbocycles. The van der Waals surface area contributed by atoms with Crippen molar-refractivity contribution in [1.29, 1.82) is 0 Å². The normalized spacial score (nSPS) is 10.9. The topological polar surface area (TPSA) is 28.7 Å². The zero-order valence-corrected chi connectivity index (χ0v) is 11.0. The molecule has 3 heteroatoms. The number of nitrogens with one attached hydrogen (secondary N) is 1. The Hall–Kier alpha value is -1.61. The molecule has 3 rings (SSSR count). The molecule has 84 valence electrons. The highest BCUT2D eigenvalue weighted by Crippen LogP contribution is 2.30. The van der Waals surface area contributed by atoms with Gasteiger partial charge in [-0.1, -0.05) is 30.3 Å². The molecule has 0 aliphatic heterocycles. The SMILES string of the molecule is Cc1cccc(-c2nc3ccccc3[nH]2)c1Br. The fraction of sp³-hybridized carbons (Fsp3) is 0.0714. The quantitative estimate of drug-likeness (QED) is 0.710. The Kier molecular flexibility index (Phi) is 2.48. The number of aromatic amines is 1. The minimum absolute atomic E-state index is 0.904. The molecule has 17 heavy (non-hydrogen) atoms. The maximum atomic E-state index is 4.60. The van der Waals surface area contributed by atoms with Crippen molar-refractivity contribution in [3.8, 4) is 11.4 Å². The number of hydrogen-bond donors (Lipinski definition) is 1. The van der Waals surface area contributed by atoms with Crippen molar-refractivity contribution < 1.29 is 0 Å². The summed E-state index contributed by atoms with van der Waals surface area (Å²) in [7, 11) is 0. The van der Waals surface area contributed by atoms with Crippen LogP contribution in [-0.4, -0.2) is 9.97 Å². The van der Waals surface area contributed by atoms with Crippen molar-refractivity contribution in [1.82, 2.24) is 9.97 Å². The van der Waals surface area contributed by atoms with Crippen molar-refractivity contribution in [3.63, 3.8) is 0 Å². The van der Waals surface area contributed by atoms with E-state index in [0.717, 1.165) is 26.9 Å². The lowest BCUT2D eigenvalue weighted by Gasteiger charge is -2.03. The molecule has 0 bridgehead atoms. The van der Waals surface area contributed by atoms with Crippen LogP contribution in [-0.2, 0) is 0 Å². The minimum Gasteiger partial charge on any atom is -0.338 e. The molecule has 1 aromatic heterocycles. The summed E-state index contributed by atoms with van der Waals surface area (Å²) in [5.74, 6) is 0.904. The monoisotopic (exact) mass is 286 g/mol. The van der Waals surface area contributed by atoms with Crippen molar-refractivity contribution >= 4 is 27.0 Å². The van der Waals surface area contributed by atoms with Crippen LogP contribution in [0.15, 0.2) is 46.9 Å². The standard InChI is InChI=1S/C14H11BrN2/c1-9-5-4-6-10(13(9)15)14-16-11-7-2-3-8-12(11)17-14/h2-8H,1H3,(H,16,17). The molecule has 0 saturated heterocycles. The summed E-state index contributed by atoms with van der Waals surface area (Å²) < 4.78 is 1.10. The van der Waals surface area contributed by atoms with Gasteiger partial charge in [0, 0.05) is 10.0 Å². The molecule has 1 heterocycles. The van der Waals surface area contributed by atoms with Crippen LogP contribution in [0.2, 0.25) is 0 Å². The number of aryl methyl sites for hydroxylation is 1. The largest absolute Gasteiger partial charge is 0.338 e. The Balaban J connectivity index is 2.24. The molecule has 3 aromatic rings. The van der Waals surface area contributed by atoms with Gasteiger partial charge in [0.05, 0.1) is 11.0 Å². The first kappa shape index (κ1) is 10.5. The Labute approximate surface area is 108 Å². The fourth-order valence-electron chi connectivity index (χ4n) is 1.91. The number of halogens is 1. The Morgan fingerprint density at radius 3 is 2.71 bits per heavy atom. The van der Waals surface area contributed by atoms with Gasteiger partial charge in [0.25, 0.3) is 0 Å². The number of fused-ring (bicyclic) bond motifs is 1. The van der Waals surface area contributed by atoms with Crippen molar-refractivity contribution in [2.45, 2.75) is 6.92 Å². The van der Waals surface area contributed by atoms with Crippen LogP contribution >= 0.6 is 15.9 Å². The van der Waals surface area contributed by atoms with Crippen LogP contribution < -0.4 is 0 Å². The van der Waals surface area contributed by atoms with E-state index in [1.54, 1.807) is 0 Å². The lowest BCUT2D eigenvalue weighted by molar-refractivity contribution is 1.31. The lowest BCUT2D eigenvalue weighted by atomic mass is 10.1. The van der Waals surface area contributed by atoms with Gasteiger partial charge in [-0.15, -0.1) is 0 Å². The molecule has 0 aliphatic carbocycles. The lowest BCUT2D eigenvalue weighted by Crippen LogP contribution is -1.84. The highest BCUT2D eigenvalue weighted by molar-refractivity contribution is 9.10. The molecule has 0 fully saturated rings. The van der Waals surface area contributed by atoms with Gasteiger partial charge >= 0.3 is 0 Å². The second-order valence-corrected chi connectivity index (χ2v) is 4.83. The number of imidazole rings is 1. The Morgan fingerprint density at radius 2 is 1.88 bits per heavy atom. The highest BCUT2D eigenvalue weighted by Gasteiger charge is 2.09. The van der Waals surface area contributed by atoms with Crippen LogP contribution in [0.5, 0.6) is 0 Å². The molecular weight excluding hydrogens is 276 g/mol. The molecular formula is C14H11BrN2. The number of hydrogen-bond acceptors (Lipinski definition) is 1. The van der Waals surface area contributed by atoms with Gasteiger partial charge in [0.2, 0.25) is 0 Å². The van der Waals surface area contributed by atoms with Crippen LogP contribution in [0.25, 0.3) is 22.4 Å². The minimum atomic E-state index is 0.904. The third-order valence-electron chi connectivity index (χ3n) is 2.84. The summed E-state index contributed by atoms with van der Waals surface area (Å²) in [4.78, 5) is 7.94. The third-order valence-corrected chi connectivity index (χ3v) is 3.89. The number of nitrogens with zero attached hydrogens (tertiary/aromatic N) is 1. The second kappa shape index (κ2) is 4.00. The van der Waals surface area contributed by atoms with Crippen molar-refractivity contribution in [2.75, 3.05) is 0 Å². The smallest absolute Gasteiger partial charge is 0.139 e. The molecule has 1 N–H and O–H groups in total. The van der Waals surface area contributed by atoms with Gasteiger partial charge < -0.3 is 4.98 Å². The van der Waals surface area contributed by atoms with E-state index in [1.165, 1.54) is 5.56 Å². The average Bonchev–Trinajstić information content (AvgIpc) is 2.76. The molecule has 2 aromatic carbocycles. The molecule has 0 atom stereocenters. The number of aromatic nitrogens is 2. The molecule has 0 spiro atoms. The molecule has 0 aliphatic rings. The zero-order chi connectivity index (χ0) is 11.8. The van der Waals surface area contributed by atoms with Crippen molar-refractivity contribution in [3.05, 3.63) is 52.5 Å². The summed E-state index contributed by atoms with van der Waals surface area (Å²) in [6.45, 7) is 2.08. The van der Waals surface area contributed by atoms with E-state index in [1.807, 2.05) is 30.3 Å². The molecule has 0 amide bonds. The maximum Gasteiger partial charge on any atom is 0.139 e. The number of rotatable bonds is 1. The predicted octanol–water partition coefficient (Wildman–Crippen LogP) is 4.30. The summed E-state index contributed by atoms with van der Waals surface area (Å²) in [5, 5.41) is 0. The first-order valence-corrected chi connectivity index (χ1v) is 6.25. The number of para-hydroxylation sites is 2. The first-order valence-electron chi connectivity index (χ1n) is 5.46. The van der Waals surface area contributed by atoms with Gasteiger partial charge in [-0.2, -0.15) is 0 Å². The summed E-state index contributed by atoms with van der Waals surface area (Å²) in [6.07, 6.45) is 0. The van der Waals surface area contributed by atoms with Crippen LogP contribution in [0.4, 0.5) is 0 Å². The number of H-pyrrole nitrogens is 1. The third kappa shape index (κ3) is 1.76. The van der Waals surface area contributed by atoms with E-state index in [-0.39, 0.29) is 0 Å². The highest BCUT2D eigenvalue weighted by atomic mass is 79.9.